The molecule has 4 rings (SSSR count). The molecule has 0 aromatic heterocycles. The minimum absolute atomic E-state index is 0.0876. The van der Waals surface area contributed by atoms with Crippen LogP contribution in [0.1, 0.15) is 57.1 Å². The fourth-order valence-electron chi connectivity index (χ4n) is 4.38. The van der Waals surface area contributed by atoms with E-state index in [0.29, 0.717) is 28.2 Å². The Bertz CT molecular complexity index is 1140. The molecule has 1 fully saturated rings. The Morgan fingerprint density at radius 3 is 2.66 bits per heavy atom. The SMILES string of the molecule is COc1cccc(N2C(=O)/C(=C/c3ccc(C(C)C)cc3)N=C2SCC(=O)N2CCCCC2C)c1. The van der Waals surface area contributed by atoms with Crippen molar-refractivity contribution < 1.29 is 14.3 Å². The highest BCUT2D eigenvalue weighted by atomic mass is 32.2. The van der Waals surface area contributed by atoms with Crippen molar-refractivity contribution in [3.8, 4) is 5.75 Å². The van der Waals surface area contributed by atoms with Crippen molar-refractivity contribution in [2.75, 3.05) is 24.3 Å². The average molecular weight is 492 g/mol. The Kier molecular flexibility index (Phi) is 7.96. The van der Waals surface area contributed by atoms with Crippen molar-refractivity contribution in [3.05, 3.63) is 65.4 Å². The number of hydrogen-bond acceptors (Lipinski definition) is 5. The lowest BCUT2D eigenvalue weighted by molar-refractivity contribution is -0.131. The summed E-state index contributed by atoms with van der Waals surface area (Å²) in [6.07, 6.45) is 5.05. The largest absolute Gasteiger partial charge is 0.497 e. The number of rotatable bonds is 6. The summed E-state index contributed by atoms with van der Waals surface area (Å²) in [5.74, 6) is 1.21. The zero-order valence-electron chi connectivity index (χ0n) is 20.9. The van der Waals surface area contributed by atoms with Gasteiger partial charge in [-0.15, -0.1) is 0 Å². The molecule has 7 heteroatoms. The van der Waals surface area contributed by atoms with Gasteiger partial charge in [0.15, 0.2) is 5.17 Å². The molecular weight excluding hydrogens is 458 g/mol. The molecule has 35 heavy (non-hydrogen) atoms. The second-order valence-corrected chi connectivity index (χ2v) is 10.3. The number of aliphatic imine (C=N–C) groups is 1. The average Bonchev–Trinajstić information content (AvgIpc) is 3.17. The zero-order chi connectivity index (χ0) is 24.9. The highest BCUT2D eigenvalue weighted by Crippen LogP contribution is 2.32. The fourth-order valence-corrected chi connectivity index (χ4v) is 5.28. The maximum Gasteiger partial charge on any atom is 0.283 e. The third kappa shape index (κ3) is 5.78. The molecular formula is C28H33N3O3S. The number of ether oxygens (including phenoxy) is 1. The van der Waals surface area contributed by atoms with Crippen LogP contribution in [0.15, 0.2) is 59.2 Å². The van der Waals surface area contributed by atoms with E-state index in [2.05, 4.69) is 37.9 Å². The van der Waals surface area contributed by atoms with Crippen LogP contribution in [0.2, 0.25) is 0 Å². The van der Waals surface area contributed by atoms with Crippen LogP contribution in [0, 0.1) is 0 Å². The Labute approximate surface area is 212 Å². The van der Waals surface area contributed by atoms with Crippen molar-refractivity contribution in [1.29, 1.82) is 0 Å². The first-order valence-electron chi connectivity index (χ1n) is 12.2. The van der Waals surface area contributed by atoms with Crippen molar-refractivity contribution >= 4 is 40.5 Å². The Morgan fingerprint density at radius 1 is 1.20 bits per heavy atom. The maximum atomic E-state index is 13.5. The van der Waals surface area contributed by atoms with E-state index in [0.717, 1.165) is 31.4 Å². The molecule has 2 aliphatic rings. The van der Waals surface area contributed by atoms with E-state index in [4.69, 9.17) is 4.74 Å². The van der Waals surface area contributed by atoms with Crippen LogP contribution in [0.25, 0.3) is 6.08 Å². The van der Waals surface area contributed by atoms with Gasteiger partial charge in [0.25, 0.3) is 5.91 Å². The second kappa shape index (κ2) is 11.1. The summed E-state index contributed by atoms with van der Waals surface area (Å²) in [6.45, 7) is 7.20. The number of amides is 2. The molecule has 0 bridgehead atoms. The number of methoxy groups -OCH3 is 1. The highest BCUT2D eigenvalue weighted by molar-refractivity contribution is 8.14. The van der Waals surface area contributed by atoms with E-state index in [1.54, 1.807) is 12.0 Å². The number of nitrogens with zero attached hydrogens (tertiary/aromatic N) is 3. The Hall–Kier alpha value is -3.06. The van der Waals surface area contributed by atoms with E-state index in [1.807, 2.05) is 47.4 Å². The standard InChI is InChI=1S/C28H33N3O3S/c1-19(2)22-13-11-21(12-14-22)16-25-27(33)31(23-9-7-10-24(17-23)34-4)28(29-25)35-18-26(32)30-15-6-5-8-20(30)3/h7,9-14,16-17,19-20H,5-6,8,15,18H2,1-4H3/b25-16-. The van der Waals surface area contributed by atoms with E-state index >= 15 is 0 Å². The lowest BCUT2D eigenvalue weighted by atomic mass is 10.0. The minimum atomic E-state index is -0.215. The molecule has 0 radical (unpaired) electrons. The first-order valence-corrected chi connectivity index (χ1v) is 13.2. The number of amidine groups is 1. The minimum Gasteiger partial charge on any atom is -0.497 e. The molecule has 2 heterocycles. The predicted molar refractivity (Wildman–Crippen MR) is 144 cm³/mol. The first-order chi connectivity index (χ1) is 16.9. The lowest BCUT2D eigenvalue weighted by Gasteiger charge is -2.33. The van der Waals surface area contributed by atoms with Gasteiger partial charge < -0.3 is 9.64 Å². The number of anilines is 1. The summed E-state index contributed by atoms with van der Waals surface area (Å²) in [7, 11) is 1.60. The molecule has 184 valence electrons. The maximum absolute atomic E-state index is 13.5. The van der Waals surface area contributed by atoms with Crippen LogP contribution in [0.4, 0.5) is 5.69 Å². The van der Waals surface area contributed by atoms with Crippen molar-refractivity contribution in [2.45, 2.75) is 52.0 Å². The van der Waals surface area contributed by atoms with Gasteiger partial charge >= 0.3 is 0 Å². The molecule has 6 nitrogen and oxygen atoms in total. The van der Waals surface area contributed by atoms with Crippen LogP contribution in [-0.2, 0) is 9.59 Å². The van der Waals surface area contributed by atoms with Gasteiger partial charge in [-0.25, -0.2) is 4.99 Å². The van der Waals surface area contributed by atoms with Crippen LogP contribution >= 0.6 is 11.8 Å². The van der Waals surface area contributed by atoms with Gasteiger partial charge in [0.2, 0.25) is 5.91 Å². The second-order valence-electron chi connectivity index (χ2n) is 9.31. The van der Waals surface area contributed by atoms with Gasteiger partial charge in [-0.2, -0.15) is 0 Å². The molecule has 2 aromatic carbocycles. The molecule has 0 N–H and O–H groups in total. The summed E-state index contributed by atoms with van der Waals surface area (Å²) in [5.41, 5.74) is 3.18. The number of carbonyl (C=O) groups excluding carboxylic acids is 2. The predicted octanol–water partition coefficient (Wildman–Crippen LogP) is 5.70. The van der Waals surface area contributed by atoms with E-state index in [1.165, 1.54) is 17.3 Å². The summed E-state index contributed by atoms with van der Waals surface area (Å²) in [4.78, 5) is 34.7. The monoisotopic (exact) mass is 491 g/mol. The van der Waals surface area contributed by atoms with Crippen LogP contribution in [-0.4, -0.2) is 47.3 Å². The summed E-state index contributed by atoms with van der Waals surface area (Å²) < 4.78 is 5.37. The zero-order valence-corrected chi connectivity index (χ0v) is 21.7. The molecule has 1 atom stereocenters. The Balaban J connectivity index is 1.60. The van der Waals surface area contributed by atoms with Gasteiger partial charge in [0, 0.05) is 18.7 Å². The highest BCUT2D eigenvalue weighted by Gasteiger charge is 2.33. The third-order valence-electron chi connectivity index (χ3n) is 6.50. The third-order valence-corrected chi connectivity index (χ3v) is 7.42. The molecule has 0 aliphatic carbocycles. The van der Waals surface area contributed by atoms with Gasteiger partial charge in [0.05, 0.1) is 18.6 Å². The number of thioether (sulfide) groups is 1. The van der Waals surface area contributed by atoms with E-state index < -0.39 is 0 Å². The van der Waals surface area contributed by atoms with Crippen molar-refractivity contribution in [2.24, 2.45) is 4.99 Å². The first kappa shape index (κ1) is 25.0. The molecule has 2 aromatic rings. The molecule has 0 saturated carbocycles. The molecule has 1 saturated heterocycles. The number of piperidine rings is 1. The quantitative estimate of drug-likeness (QED) is 0.487. The number of likely N-dealkylation sites (tertiary alicyclic amines) is 1. The lowest BCUT2D eigenvalue weighted by Crippen LogP contribution is -2.43. The number of hydrogen-bond donors (Lipinski definition) is 0. The summed E-state index contributed by atoms with van der Waals surface area (Å²) >= 11 is 1.31. The van der Waals surface area contributed by atoms with Gasteiger partial charge in [-0.05, 0) is 61.4 Å². The van der Waals surface area contributed by atoms with Gasteiger partial charge in [-0.1, -0.05) is 55.9 Å². The van der Waals surface area contributed by atoms with Crippen molar-refractivity contribution in [3.63, 3.8) is 0 Å². The summed E-state index contributed by atoms with van der Waals surface area (Å²) in [5, 5.41) is 0.506. The topological polar surface area (TPSA) is 62.2 Å². The van der Waals surface area contributed by atoms with Crippen LogP contribution < -0.4 is 9.64 Å². The van der Waals surface area contributed by atoms with Gasteiger partial charge in [-0.3, -0.25) is 14.5 Å². The number of carbonyl (C=O) groups is 2. The molecule has 1 unspecified atom stereocenters. The molecule has 0 spiro atoms. The van der Waals surface area contributed by atoms with Gasteiger partial charge in [0.1, 0.15) is 11.4 Å². The molecule has 2 amide bonds. The van der Waals surface area contributed by atoms with Crippen molar-refractivity contribution in [1.82, 2.24) is 4.90 Å². The summed E-state index contributed by atoms with van der Waals surface area (Å²) in [6, 6.07) is 15.8. The van der Waals surface area contributed by atoms with E-state index in [-0.39, 0.29) is 23.6 Å². The van der Waals surface area contributed by atoms with Crippen LogP contribution in [0.5, 0.6) is 5.75 Å². The fraction of sp³-hybridized carbons (Fsp3) is 0.393. The van der Waals surface area contributed by atoms with E-state index in [9.17, 15) is 9.59 Å². The molecule has 2 aliphatic heterocycles. The van der Waals surface area contributed by atoms with Crippen LogP contribution in [0.3, 0.4) is 0 Å². The normalized spacial score (nSPS) is 19.5. The number of benzene rings is 2. The Morgan fingerprint density at radius 2 is 1.97 bits per heavy atom. The smallest absolute Gasteiger partial charge is 0.283 e.